The van der Waals surface area contributed by atoms with E-state index in [1.165, 1.54) is 0 Å². The molecule has 0 aliphatic rings. The maximum atomic E-state index is 12.0. The van der Waals surface area contributed by atoms with Gasteiger partial charge < -0.3 is 15.0 Å². The summed E-state index contributed by atoms with van der Waals surface area (Å²) in [5.74, 6) is 0.779. The van der Waals surface area contributed by atoms with Crippen molar-refractivity contribution >= 4 is 11.7 Å². The molecule has 4 heteroatoms. The number of hydrogen-bond donors (Lipinski definition) is 1. The van der Waals surface area contributed by atoms with Crippen molar-refractivity contribution < 1.29 is 9.53 Å². The number of methoxy groups -OCH3 is 1. The number of hydrogen-bond acceptors (Lipinski definition) is 2. The van der Waals surface area contributed by atoms with Crippen molar-refractivity contribution in [3.05, 3.63) is 24.3 Å². The predicted molar refractivity (Wildman–Crippen MR) is 74.1 cm³/mol. The van der Waals surface area contributed by atoms with Crippen molar-refractivity contribution in [3.63, 3.8) is 0 Å². The van der Waals surface area contributed by atoms with E-state index < -0.39 is 0 Å². The third-order valence-electron chi connectivity index (χ3n) is 3.15. The molecule has 0 saturated heterocycles. The van der Waals surface area contributed by atoms with Crippen LogP contribution in [0.4, 0.5) is 10.5 Å². The summed E-state index contributed by atoms with van der Waals surface area (Å²) in [4.78, 5) is 13.8. The molecule has 0 fully saturated rings. The first-order valence-corrected chi connectivity index (χ1v) is 6.30. The summed E-state index contributed by atoms with van der Waals surface area (Å²) in [6.07, 6.45) is 1.92. The highest BCUT2D eigenvalue weighted by Crippen LogP contribution is 2.16. The fourth-order valence-electron chi connectivity index (χ4n) is 1.89. The molecule has 0 radical (unpaired) electrons. The molecule has 2 amide bonds. The molecule has 0 aliphatic heterocycles. The van der Waals surface area contributed by atoms with E-state index in [0.717, 1.165) is 24.3 Å². The number of carbonyl (C=O) groups is 1. The van der Waals surface area contributed by atoms with E-state index in [4.69, 9.17) is 4.74 Å². The van der Waals surface area contributed by atoms with Gasteiger partial charge in [0, 0.05) is 18.8 Å². The summed E-state index contributed by atoms with van der Waals surface area (Å²) in [5.41, 5.74) is 0.776. The number of amides is 2. The van der Waals surface area contributed by atoms with E-state index in [9.17, 15) is 4.79 Å². The minimum absolute atomic E-state index is 0.0751. The number of carbonyl (C=O) groups excluding carboxylic acids is 1. The molecule has 100 valence electrons. The standard InChI is InChI=1S/C14H22N2O2/c1-5-12(6-2)16(3)14(17)15-11-7-9-13(18-4)10-8-11/h7-10,12H,5-6H2,1-4H3,(H,15,17). The molecule has 1 aromatic carbocycles. The quantitative estimate of drug-likeness (QED) is 0.870. The van der Waals surface area contributed by atoms with Gasteiger partial charge in [0.25, 0.3) is 0 Å². The van der Waals surface area contributed by atoms with Crippen LogP contribution in [0.3, 0.4) is 0 Å². The molecule has 0 heterocycles. The van der Waals surface area contributed by atoms with Gasteiger partial charge in [-0.15, -0.1) is 0 Å². The van der Waals surface area contributed by atoms with Crippen LogP contribution in [-0.2, 0) is 0 Å². The van der Waals surface area contributed by atoms with Crippen molar-refractivity contribution in [1.29, 1.82) is 0 Å². The highest BCUT2D eigenvalue weighted by Gasteiger charge is 2.16. The number of nitrogens with zero attached hydrogens (tertiary/aromatic N) is 1. The molecule has 1 N–H and O–H groups in total. The van der Waals surface area contributed by atoms with Crippen LogP contribution in [0, 0.1) is 0 Å². The van der Waals surface area contributed by atoms with Gasteiger partial charge in [0.1, 0.15) is 5.75 Å². The van der Waals surface area contributed by atoms with Gasteiger partial charge >= 0.3 is 6.03 Å². The molecule has 4 nitrogen and oxygen atoms in total. The van der Waals surface area contributed by atoms with Gasteiger partial charge in [-0.1, -0.05) is 13.8 Å². The first-order valence-electron chi connectivity index (χ1n) is 6.30. The fourth-order valence-corrected chi connectivity index (χ4v) is 1.89. The van der Waals surface area contributed by atoms with Crippen molar-refractivity contribution in [2.45, 2.75) is 32.7 Å². The Kier molecular flexibility index (Phi) is 5.49. The second kappa shape index (κ2) is 6.89. The third kappa shape index (κ3) is 3.65. The molecule has 18 heavy (non-hydrogen) atoms. The molecular weight excluding hydrogens is 228 g/mol. The van der Waals surface area contributed by atoms with Gasteiger partial charge in [0.05, 0.1) is 7.11 Å². The molecule has 0 unspecified atom stereocenters. The fraction of sp³-hybridized carbons (Fsp3) is 0.500. The van der Waals surface area contributed by atoms with E-state index in [0.29, 0.717) is 0 Å². The van der Waals surface area contributed by atoms with E-state index in [-0.39, 0.29) is 12.1 Å². The minimum Gasteiger partial charge on any atom is -0.497 e. The Morgan fingerprint density at radius 1 is 1.28 bits per heavy atom. The maximum Gasteiger partial charge on any atom is 0.321 e. The van der Waals surface area contributed by atoms with E-state index in [2.05, 4.69) is 19.2 Å². The zero-order valence-electron chi connectivity index (χ0n) is 11.6. The zero-order chi connectivity index (χ0) is 13.5. The summed E-state index contributed by atoms with van der Waals surface area (Å²) in [5, 5.41) is 2.87. The van der Waals surface area contributed by atoms with Crippen LogP contribution in [0.2, 0.25) is 0 Å². The van der Waals surface area contributed by atoms with Crippen LogP contribution in [0.5, 0.6) is 5.75 Å². The third-order valence-corrected chi connectivity index (χ3v) is 3.15. The average molecular weight is 250 g/mol. The SMILES string of the molecule is CCC(CC)N(C)C(=O)Nc1ccc(OC)cc1. The van der Waals surface area contributed by atoms with Gasteiger partial charge in [-0.2, -0.15) is 0 Å². The largest absolute Gasteiger partial charge is 0.497 e. The molecular formula is C14H22N2O2. The Bertz CT molecular complexity index is 372. The number of rotatable bonds is 5. The lowest BCUT2D eigenvalue weighted by atomic mass is 10.1. The highest BCUT2D eigenvalue weighted by atomic mass is 16.5. The second-order valence-electron chi connectivity index (χ2n) is 4.24. The molecule has 0 spiro atoms. The van der Waals surface area contributed by atoms with Gasteiger partial charge in [-0.3, -0.25) is 0 Å². The van der Waals surface area contributed by atoms with Gasteiger partial charge in [-0.25, -0.2) is 4.79 Å². The van der Waals surface area contributed by atoms with Crippen molar-refractivity contribution in [1.82, 2.24) is 4.90 Å². The Labute approximate surface area is 109 Å². The first-order chi connectivity index (χ1) is 8.62. The molecule has 0 bridgehead atoms. The van der Waals surface area contributed by atoms with Gasteiger partial charge in [0.2, 0.25) is 0 Å². The second-order valence-corrected chi connectivity index (χ2v) is 4.24. The lowest BCUT2D eigenvalue weighted by molar-refractivity contribution is 0.200. The van der Waals surface area contributed by atoms with Crippen LogP contribution in [0.25, 0.3) is 0 Å². The number of nitrogens with one attached hydrogen (secondary N) is 1. The van der Waals surface area contributed by atoms with Gasteiger partial charge in [-0.05, 0) is 37.1 Å². The van der Waals surface area contributed by atoms with Crippen LogP contribution < -0.4 is 10.1 Å². The average Bonchev–Trinajstić information content (AvgIpc) is 2.40. The predicted octanol–water partition coefficient (Wildman–Crippen LogP) is 3.35. The monoisotopic (exact) mass is 250 g/mol. The number of anilines is 1. The van der Waals surface area contributed by atoms with Crippen LogP contribution in [0.15, 0.2) is 24.3 Å². The molecule has 0 aromatic heterocycles. The summed E-state index contributed by atoms with van der Waals surface area (Å²) in [7, 11) is 3.45. The van der Waals surface area contributed by atoms with E-state index in [1.807, 2.05) is 31.3 Å². The Morgan fingerprint density at radius 3 is 2.28 bits per heavy atom. The summed E-state index contributed by atoms with van der Waals surface area (Å²) in [6, 6.07) is 7.52. The van der Waals surface area contributed by atoms with Gasteiger partial charge in [0.15, 0.2) is 0 Å². The van der Waals surface area contributed by atoms with E-state index in [1.54, 1.807) is 12.0 Å². The number of benzene rings is 1. The Morgan fingerprint density at radius 2 is 1.83 bits per heavy atom. The molecule has 1 rings (SSSR count). The minimum atomic E-state index is -0.0751. The van der Waals surface area contributed by atoms with Crippen LogP contribution in [-0.4, -0.2) is 31.1 Å². The summed E-state index contributed by atoms with van der Waals surface area (Å²) >= 11 is 0. The highest BCUT2D eigenvalue weighted by molar-refractivity contribution is 5.89. The lowest BCUT2D eigenvalue weighted by Gasteiger charge is -2.26. The smallest absolute Gasteiger partial charge is 0.321 e. The van der Waals surface area contributed by atoms with E-state index >= 15 is 0 Å². The van der Waals surface area contributed by atoms with Crippen molar-refractivity contribution in [2.75, 3.05) is 19.5 Å². The summed E-state index contributed by atoms with van der Waals surface area (Å²) in [6.45, 7) is 4.18. The van der Waals surface area contributed by atoms with Crippen LogP contribution in [0.1, 0.15) is 26.7 Å². The van der Waals surface area contributed by atoms with Crippen molar-refractivity contribution in [3.8, 4) is 5.75 Å². The zero-order valence-corrected chi connectivity index (χ0v) is 11.6. The lowest BCUT2D eigenvalue weighted by Crippen LogP contribution is -2.39. The molecule has 1 aromatic rings. The topological polar surface area (TPSA) is 41.6 Å². The maximum absolute atomic E-state index is 12.0. The molecule has 0 atom stereocenters. The summed E-state index contributed by atoms with van der Waals surface area (Å²) < 4.78 is 5.07. The van der Waals surface area contributed by atoms with Crippen molar-refractivity contribution in [2.24, 2.45) is 0 Å². The first kappa shape index (κ1) is 14.4. The Hall–Kier alpha value is -1.71. The normalized spacial score (nSPS) is 10.3. The van der Waals surface area contributed by atoms with Crippen LogP contribution >= 0.6 is 0 Å². The Balaban J connectivity index is 2.62. The number of urea groups is 1. The number of ether oxygens (including phenoxy) is 1. The molecule has 0 aliphatic carbocycles. The molecule has 0 saturated carbocycles.